The molecule has 0 heterocycles. The first kappa shape index (κ1) is 6.16. The Labute approximate surface area is 44.5 Å². The van der Waals surface area contributed by atoms with Gasteiger partial charge in [0.1, 0.15) is 17.5 Å². The molecule has 0 nitrogen and oxygen atoms in total. The lowest BCUT2D eigenvalue weighted by Crippen LogP contribution is -1.89. The van der Waals surface area contributed by atoms with Gasteiger partial charge >= 0.3 is 0 Å². The highest BCUT2D eigenvalue weighted by molar-refractivity contribution is 6.26. The van der Waals surface area contributed by atoms with Crippen molar-refractivity contribution >= 4 is 11.6 Å². The first-order valence-corrected chi connectivity index (χ1v) is 2.51. The van der Waals surface area contributed by atoms with Crippen LogP contribution in [-0.4, -0.2) is 0 Å². The summed E-state index contributed by atoms with van der Waals surface area (Å²) in [7, 11) is 0. The van der Waals surface area contributed by atoms with Crippen molar-refractivity contribution in [1.82, 2.24) is 0 Å². The molecule has 0 saturated heterocycles. The summed E-state index contributed by atoms with van der Waals surface area (Å²) in [5.41, 5.74) is 0. The van der Waals surface area contributed by atoms with Crippen molar-refractivity contribution in [3.05, 3.63) is 5.38 Å². The molecule has 0 N–H and O–H groups in total. The maximum absolute atomic E-state index is 5.53. The standard InChI is InChI=1S/C5H10Cl/c1-4(2)5(3)6/h4H,1-3H3/q+1. The normalized spacial score (nSPS) is 9.50. The highest BCUT2D eigenvalue weighted by Crippen LogP contribution is 2.15. The summed E-state index contributed by atoms with van der Waals surface area (Å²) in [6, 6.07) is 0. The molecule has 0 aliphatic heterocycles. The summed E-state index contributed by atoms with van der Waals surface area (Å²) >= 11 is 5.53. The van der Waals surface area contributed by atoms with Crippen LogP contribution in [0.2, 0.25) is 0 Å². The third-order valence-corrected chi connectivity index (χ3v) is 1.23. The lowest BCUT2D eigenvalue weighted by Gasteiger charge is -1.88. The van der Waals surface area contributed by atoms with Gasteiger partial charge in [-0.25, -0.2) is 0 Å². The molecule has 0 spiro atoms. The monoisotopic (exact) mass is 105 g/mol. The third kappa shape index (κ3) is 2.40. The van der Waals surface area contributed by atoms with E-state index < -0.39 is 0 Å². The van der Waals surface area contributed by atoms with Gasteiger partial charge in [0.2, 0.25) is 0 Å². The van der Waals surface area contributed by atoms with Crippen molar-refractivity contribution in [2.45, 2.75) is 20.8 Å². The van der Waals surface area contributed by atoms with Gasteiger partial charge < -0.3 is 0 Å². The molecule has 0 rings (SSSR count). The zero-order chi connectivity index (χ0) is 5.15. The number of rotatable bonds is 1. The molecule has 0 bridgehead atoms. The fourth-order valence-electron chi connectivity index (χ4n) is 0. The number of hydrogen-bond donors (Lipinski definition) is 0. The quantitative estimate of drug-likeness (QED) is 0.450. The van der Waals surface area contributed by atoms with Crippen molar-refractivity contribution in [1.29, 1.82) is 0 Å². The van der Waals surface area contributed by atoms with E-state index in [2.05, 4.69) is 13.8 Å². The molecule has 0 radical (unpaired) electrons. The van der Waals surface area contributed by atoms with E-state index in [1.54, 1.807) is 0 Å². The van der Waals surface area contributed by atoms with Gasteiger partial charge in [-0.2, -0.15) is 0 Å². The van der Waals surface area contributed by atoms with Crippen molar-refractivity contribution in [3.8, 4) is 0 Å². The molecule has 36 valence electrons. The Balaban J connectivity index is 2.99. The lowest BCUT2D eigenvalue weighted by atomic mass is 10.2. The molecule has 0 fully saturated rings. The zero-order valence-corrected chi connectivity index (χ0v) is 5.21. The van der Waals surface area contributed by atoms with Crippen molar-refractivity contribution in [2.75, 3.05) is 0 Å². The smallest absolute Gasteiger partial charge is 0.0199 e. The largest absolute Gasteiger partial charge is 0.199 e. The predicted octanol–water partition coefficient (Wildman–Crippen LogP) is 2.43. The van der Waals surface area contributed by atoms with Crippen LogP contribution < -0.4 is 0 Å². The fraction of sp³-hybridized carbons (Fsp3) is 0.800. The lowest BCUT2D eigenvalue weighted by molar-refractivity contribution is 0.733. The van der Waals surface area contributed by atoms with E-state index in [9.17, 15) is 0 Å². The number of hydrogen-bond acceptors (Lipinski definition) is 0. The molecule has 0 unspecified atom stereocenters. The maximum atomic E-state index is 5.53. The van der Waals surface area contributed by atoms with E-state index >= 15 is 0 Å². The van der Waals surface area contributed by atoms with E-state index in [0.717, 1.165) is 5.38 Å². The topological polar surface area (TPSA) is 0 Å². The first-order valence-electron chi connectivity index (χ1n) is 2.13. The second-order valence-corrected chi connectivity index (χ2v) is 2.34. The Morgan fingerprint density at radius 1 is 1.50 bits per heavy atom. The summed E-state index contributed by atoms with van der Waals surface area (Å²) in [6.45, 7) is 6.07. The Morgan fingerprint density at radius 2 is 1.67 bits per heavy atom. The highest BCUT2D eigenvalue weighted by Gasteiger charge is 2.13. The molecular weight excluding hydrogens is 95.5 g/mol. The van der Waals surface area contributed by atoms with Crippen LogP contribution >= 0.6 is 11.6 Å². The minimum absolute atomic E-state index is 0.534. The van der Waals surface area contributed by atoms with Crippen molar-refractivity contribution in [2.24, 2.45) is 5.92 Å². The average molecular weight is 106 g/mol. The summed E-state index contributed by atoms with van der Waals surface area (Å²) in [5.74, 6) is 0.534. The summed E-state index contributed by atoms with van der Waals surface area (Å²) in [4.78, 5) is 0. The Kier molecular flexibility index (Phi) is 2.42. The van der Waals surface area contributed by atoms with Crippen LogP contribution in [0.5, 0.6) is 0 Å². The van der Waals surface area contributed by atoms with Gasteiger partial charge in [0, 0.05) is 0 Å². The minimum atomic E-state index is 0.534. The zero-order valence-electron chi connectivity index (χ0n) is 4.46. The van der Waals surface area contributed by atoms with Crippen molar-refractivity contribution < 1.29 is 0 Å². The van der Waals surface area contributed by atoms with Crippen LogP contribution in [0.3, 0.4) is 0 Å². The number of halogens is 1. The molecule has 0 atom stereocenters. The van der Waals surface area contributed by atoms with Gasteiger partial charge in [0.25, 0.3) is 0 Å². The Bertz CT molecular complexity index is 24.9. The Morgan fingerprint density at radius 3 is 1.67 bits per heavy atom. The van der Waals surface area contributed by atoms with E-state index in [4.69, 9.17) is 11.6 Å². The molecule has 0 saturated carbocycles. The average Bonchev–Trinajstić information content (AvgIpc) is 1.36. The molecule has 0 aromatic rings. The summed E-state index contributed by atoms with van der Waals surface area (Å²) < 4.78 is 0. The molecule has 0 aromatic carbocycles. The van der Waals surface area contributed by atoms with Crippen LogP contribution in [0, 0.1) is 11.3 Å². The van der Waals surface area contributed by atoms with Crippen LogP contribution in [0.25, 0.3) is 0 Å². The van der Waals surface area contributed by atoms with Crippen LogP contribution in [0.15, 0.2) is 0 Å². The maximum Gasteiger partial charge on any atom is 0.199 e. The molecular formula is C5H10Cl+. The van der Waals surface area contributed by atoms with E-state index in [1.165, 1.54) is 0 Å². The fourth-order valence-corrected chi connectivity index (χ4v) is 0. The van der Waals surface area contributed by atoms with Gasteiger partial charge in [0.05, 0.1) is 6.92 Å². The molecule has 1 heteroatoms. The van der Waals surface area contributed by atoms with Crippen LogP contribution in [0.4, 0.5) is 0 Å². The second kappa shape index (κ2) is 2.35. The van der Waals surface area contributed by atoms with Gasteiger partial charge in [-0.3, -0.25) is 0 Å². The van der Waals surface area contributed by atoms with Crippen molar-refractivity contribution in [3.63, 3.8) is 0 Å². The van der Waals surface area contributed by atoms with Crippen LogP contribution in [0.1, 0.15) is 20.8 Å². The van der Waals surface area contributed by atoms with Crippen LogP contribution in [-0.2, 0) is 0 Å². The minimum Gasteiger partial charge on any atom is -0.0199 e. The third-order valence-electron chi connectivity index (χ3n) is 0.796. The Hall–Kier alpha value is 0.160. The molecule has 0 amide bonds. The molecule has 0 aromatic heterocycles. The molecule has 0 aliphatic carbocycles. The van der Waals surface area contributed by atoms with Gasteiger partial charge in [0.15, 0.2) is 5.38 Å². The van der Waals surface area contributed by atoms with E-state index in [-0.39, 0.29) is 0 Å². The molecule has 6 heavy (non-hydrogen) atoms. The van der Waals surface area contributed by atoms with Gasteiger partial charge in [-0.05, 0) is 13.8 Å². The predicted molar refractivity (Wildman–Crippen MR) is 29.6 cm³/mol. The first-order chi connectivity index (χ1) is 2.64. The summed E-state index contributed by atoms with van der Waals surface area (Å²) in [6.07, 6.45) is 0. The van der Waals surface area contributed by atoms with Gasteiger partial charge in [-0.15, -0.1) is 0 Å². The van der Waals surface area contributed by atoms with E-state index in [0.29, 0.717) is 5.92 Å². The highest BCUT2D eigenvalue weighted by atomic mass is 35.5. The second-order valence-electron chi connectivity index (χ2n) is 1.74. The van der Waals surface area contributed by atoms with Gasteiger partial charge in [-0.1, -0.05) is 0 Å². The SMILES string of the molecule is C[C+](Cl)C(C)C. The molecule has 0 aliphatic rings. The van der Waals surface area contributed by atoms with E-state index in [1.807, 2.05) is 6.92 Å². The summed E-state index contributed by atoms with van der Waals surface area (Å²) in [5, 5.41) is 0.981.